The molecule has 1 atom stereocenters. The first-order chi connectivity index (χ1) is 9.62. The van der Waals surface area contributed by atoms with E-state index in [1.165, 1.54) is 24.0 Å². The average Bonchev–Trinajstić information content (AvgIpc) is 3.22. The monoisotopic (exact) mass is 294 g/mol. The van der Waals surface area contributed by atoms with E-state index in [1.807, 2.05) is 12.1 Å². The van der Waals surface area contributed by atoms with E-state index in [0.717, 1.165) is 19.3 Å². The zero-order chi connectivity index (χ0) is 14.0. The van der Waals surface area contributed by atoms with Crippen LogP contribution in [-0.4, -0.2) is 32.8 Å². The molecule has 4 nitrogen and oxygen atoms in total. The Morgan fingerprint density at radius 2 is 1.80 bits per heavy atom. The fourth-order valence-electron chi connectivity index (χ4n) is 2.80. The van der Waals surface area contributed by atoms with Crippen LogP contribution in [0.1, 0.15) is 30.4 Å². The van der Waals surface area contributed by atoms with Crippen molar-refractivity contribution in [1.82, 2.24) is 10.0 Å². The minimum absolute atomic E-state index is 0.0517. The molecule has 110 valence electrons. The Morgan fingerprint density at radius 1 is 1.05 bits per heavy atom. The molecule has 0 aliphatic heterocycles. The molecule has 5 heteroatoms. The van der Waals surface area contributed by atoms with Crippen molar-refractivity contribution in [2.75, 3.05) is 12.3 Å². The van der Waals surface area contributed by atoms with Crippen molar-refractivity contribution in [3.8, 4) is 0 Å². The van der Waals surface area contributed by atoms with E-state index < -0.39 is 10.0 Å². The maximum Gasteiger partial charge on any atom is 0.213 e. The summed E-state index contributed by atoms with van der Waals surface area (Å²) in [6, 6.07) is 8.93. The molecule has 1 aromatic rings. The number of hydrogen-bond donors (Lipinski definition) is 2. The smallest absolute Gasteiger partial charge is 0.213 e. The van der Waals surface area contributed by atoms with E-state index >= 15 is 0 Å². The van der Waals surface area contributed by atoms with Crippen molar-refractivity contribution in [1.29, 1.82) is 0 Å². The Bertz CT molecular complexity index is 567. The predicted molar refractivity (Wildman–Crippen MR) is 80.2 cm³/mol. The molecule has 20 heavy (non-hydrogen) atoms. The van der Waals surface area contributed by atoms with Crippen molar-refractivity contribution in [3.63, 3.8) is 0 Å². The minimum Gasteiger partial charge on any atom is -0.313 e. The lowest BCUT2D eigenvalue weighted by molar-refractivity contribution is 0.506. The number of sulfonamides is 1. The Labute approximate surface area is 121 Å². The molecule has 0 aromatic heterocycles. The third-order valence-corrected chi connectivity index (χ3v) is 5.51. The molecule has 2 aliphatic carbocycles. The summed E-state index contributed by atoms with van der Waals surface area (Å²) in [7, 11) is -3.16. The fourth-order valence-corrected chi connectivity index (χ4v) is 4.01. The van der Waals surface area contributed by atoms with Gasteiger partial charge in [-0.1, -0.05) is 24.3 Å². The van der Waals surface area contributed by atoms with Gasteiger partial charge >= 0.3 is 0 Å². The average molecular weight is 294 g/mol. The quantitative estimate of drug-likeness (QED) is 0.829. The van der Waals surface area contributed by atoms with Crippen LogP contribution in [0.4, 0.5) is 0 Å². The number of rotatable bonds is 6. The van der Waals surface area contributed by atoms with Crippen LogP contribution in [0, 0.1) is 0 Å². The van der Waals surface area contributed by atoms with E-state index in [0.29, 0.717) is 12.6 Å². The van der Waals surface area contributed by atoms with Crippen LogP contribution in [0.5, 0.6) is 0 Å². The molecule has 0 radical (unpaired) electrons. The summed E-state index contributed by atoms with van der Waals surface area (Å²) in [5.74, 6) is 0.182. The topological polar surface area (TPSA) is 58.2 Å². The number of aryl methyl sites for hydroxylation is 1. The lowest BCUT2D eigenvalue weighted by Crippen LogP contribution is -2.41. The second kappa shape index (κ2) is 5.84. The fraction of sp³-hybridized carbons (Fsp3) is 0.600. The zero-order valence-corrected chi connectivity index (χ0v) is 12.5. The molecular weight excluding hydrogens is 272 g/mol. The largest absolute Gasteiger partial charge is 0.313 e. The normalized spacial score (nSPS) is 22.5. The van der Waals surface area contributed by atoms with Crippen LogP contribution in [0.25, 0.3) is 0 Å². The number of benzene rings is 1. The number of nitrogens with one attached hydrogen (secondary N) is 2. The van der Waals surface area contributed by atoms with E-state index in [1.54, 1.807) is 0 Å². The lowest BCUT2D eigenvalue weighted by Gasteiger charge is -2.25. The van der Waals surface area contributed by atoms with Gasteiger partial charge in [-0.3, -0.25) is 0 Å². The van der Waals surface area contributed by atoms with Crippen LogP contribution in [0.15, 0.2) is 24.3 Å². The Hall–Kier alpha value is -0.910. The van der Waals surface area contributed by atoms with Crippen molar-refractivity contribution in [2.24, 2.45) is 0 Å². The molecule has 0 amide bonds. The maximum absolute atomic E-state index is 12.1. The van der Waals surface area contributed by atoms with Crippen LogP contribution >= 0.6 is 0 Å². The first-order valence-electron chi connectivity index (χ1n) is 7.42. The van der Waals surface area contributed by atoms with Crippen molar-refractivity contribution < 1.29 is 8.42 Å². The molecule has 0 bridgehead atoms. The summed E-state index contributed by atoms with van der Waals surface area (Å²) in [4.78, 5) is 0. The molecule has 0 heterocycles. The standard InChI is InChI=1S/C15H22N2O2S/c18-20(19,10-9-16-14-7-8-14)17-15-6-5-12-3-1-2-4-13(12)11-15/h1-4,14-17H,5-11H2. The summed E-state index contributed by atoms with van der Waals surface area (Å²) < 4.78 is 27.0. The Balaban J connectivity index is 1.52. The van der Waals surface area contributed by atoms with Crippen LogP contribution in [-0.2, 0) is 22.9 Å². The first-order valence-corrected chi connectivity index (χ1v) is 9.08. The third-order valence-electron chi connectivity index (χ3n) is 4.07. The lowest BCUT2D eigenvalue weighted by atomic mass is 9.89. The molecule has 1 aromatic carbocycles. The van der Waals surface area contributed by atoms with Gasteiger partial charge < -0.3 is 5.32 Å². The SMILES string of the molecule is O=S(=O)(CCNC1CC1)NC1CCc2ccccc2C1. The van der Waals surface area contributed by atoms with E-state index in [-0.39, 0.29) is 11.8 Å². The molecule has 2 N–H and O–H groups in total. The summed E-state index contributed by atoms with van der Waals surface area (Å²) in [5.41, 5.74) is 2.64. The minimum atomic E-state index is -3.16. The van der Waals surface area contributed by atoms with Gasteiger partial charge in [0, 0.05) is 18.6 Å². The first kappa shape index (κ1) is 14.0. The third kappa shape index (κ3) is 3.81. The van der Waals surface area contributed by atoms with E-state index in [2.05, 4.69) is 22.2 Å². The number of hydrogen-bond acceptors (Lipinski definition) is 3. The van der Waals surface area contributed by atoms with E-state index in [9.17, 15) is 8.42 Å². The van der Waals surface area contributed by atoms with Crippen LogP contribution in [0.3, 0.4) is 0 Å². The summed E-state index contributed by atoms with van der Waals surface area (Å²) in [6.45, 7) is 0.559. The van der Waals surface area contributed by atoms with Crippen LogP contribution in [0.2, 0.25) is 0 Å². The van der Waals surface area contributed by atoms with Gasteiger partial charge in [0.1, 0.15) is 0 Å². The van der Waals surface area contributed by atoms with E-state index in [4.69, 9.17) is 0 Å². The Kier molecular flexibility index (Phi) is 4.10. The highest BCUT2D eigenvalue weighted by Gasteiger charge is 2.24. The van der Waals surface area contributed by atoms with Gasteiger partial charge in [-0.25, -0.2) is 13.1 Å². The van der Waals surface area contributed by atoms with Gasteiger partial charge in [0.25, 0.3) is 0 Å². The van der Waals surface area contributed by atoms with Gasteiger partial charge in [0.2, 0.25) is 10.0 Å². The second-order valence-electron chi connectivity index (χ2n) is 5.87. The summed E-state index contributed by atoms with van der Waals surface area (Å²) in [5, 5.41) is 3.25. The summed E-state index contributed by atoms with van der Waals surface area (Å²) >= 11 is 0. The van der Waals surface area contributed by atoms with Gasteiger partial charge in [0.15, 0.2) is 0 Å². The molecule has 2 aliphatic rings. The maximum atomic E-state index is 12.1. The highest BCUT2D eigenvalue weighted by atomic mass is 32.2. The second-order valence-corrected chi connectivity index (χ2v) is 7.75. The highest BCUT2D eigenvalue weighted by Crippen LogP contribution is 2.21. The van der Waals surface area contributed by atoms with Gasteiger partial charge in [-0.2, -0.15) is 0 Å². The highest BCUT2D eigenvalue weighted by molar-refractivity contribution is 7.89. The zero-order valence-electron chi connectivity index (χ0n) is 11.6. The summed E-state index contributed by atoms with van der Waals surface area (Å²) in [6.07, 6.45) is 5.04. The molecule has 3 rings (SSSR count). The van der Waals surface area contributed by atoms with Crippen molar-refractivity contribution >= 4 is 10.0 Å². The number of fused-ring (bicyclic) bond motifs is 1. The molecular formula is C15H22N2O2S. The molecule has 0 spiro atoms. The van der Waals surface area contributed by atoms with Gasteiger partial charge in [-0.15, -0.1) is 0 Å². The molecule has 0 saturated heterocycles. The molecule has 1 fully saturated rings. The van der Waals surface area contributed by atoms with Crippen molar-refractivity contribution in [3.05, 3.63) is 35.4 Å². The van der Waals surface area contributed by atoms with Gasteiger partial charge in [-0.05, 0) is 43.2 Å². The van der Waals surface area contributed by atoms with Crippen LogP contribution < -0.4 is 10.0 Å². The molecule has 1 saturated carbocycles. The predicted octanol–water partition coefficient (Wildman–Crippen LogP) is 1.22. The molecule has 1 unspecified atom stereocenters. The van der Waals surface area contributed by atoms with Gasteiger partial charge in [0.05, 0.1) is 5.75 Å². The Morgan fingerprint density at radius 3 is 2.55 bits per heavy atom. The van der Waals surface area contributed by atoms with Crippen molar-refractivity contribution in [2.45, 2.75) is 44.2 Å².